The summed E-state index contributed by atoms with van der Waals surface area (Å²) in [5, 5.41) is 2.71. The quantitative estimate of drug-likeness (QED) is 0.475. The van der Waals surface area contributed by atoms with Crippen LogP contribution in [0.2, 0.25) is 0 Å². The van der Waals surface area contributed by atoms with Crippen molar-refractivity contribution in [1.29, 1.82) is 0 Å². The SMILES string of the molecule is CCCCn1c(=O)[nH]c(=O)c2c1nc(CCC(=O)NCCC(=O)OC(C)C)n2CC(C)C. The lowest BCUT2D eigenvalue weighted by molar-refractivity contribution is -0.147. The van der Waals surface area contributed by atoms with Crippen LogP contribution in [0.1, 0.15) is 66.1 Å². The summed E-state index contributed by atoms with van der Waals surface area (Å²) >= 11 is 0. The van der Waals surface area contributed by atoms with E-state index in [1.807, 2.05) is 25.3 Å². The molecular weight excluding hydrogens is 414 g/mol. The van der Waals surface area contributed by atoms with Crippen molar-refractivity contribution in [2.24, 2.45) is 5.92 Å². The van der Waals surface area contributed by atoms with Crippen molar-refractivity contribution < 1.29 is 14.3 Å². The molecule has 2 N–H and O–H groups in total. The summed E-state index contributed by atoms with van der Waals surface area (Å²) in [5.41, 5.74) is -0.214. The van der Waals surface area contributed by atoms with Crippen LogP contribution in [0.15, 0.2) is 9.59 Å². The minimum absolute atomic E-state index is 0.106. The van der Waals surface area contributed by atoms with Crippen LogP contribution in [0.5, 0.6) is 0 Å². The van der Waals surface area contributed by atoms with Gasteiger partial charge in [0.15, 0.2) is 11.2 Å². The molecular formula is C22H35N5O5. The molecule has 2 aromatic heterocycles. The molecule has 0 saturated heterocycles. The first-order valence-electron chi connectivity index (χ1n) is 11.3. The molecule has 0 aliphatic heterocycles. The summed E-state index contributed by atoms with van der Waals surface area (Å²) in [6.45, 7) is 10.8. The number of unbranched alkanes of at least 4 members (excludes halogenated alkanes) is 1. The number of carbonyl (C=O) groups is 2. The number of aryl methyl sites for hydroxylation is 2. The Morgan fingerprint density at radius 3 is 2.47 bits per heavy atom. The molecule has 10 nitrogen and oxygen atoms in total. The highest BCUT2D eigenvalue weighted by Gasteiger charge is 2.19. The van der Waals surface area contributed by atoms with E-state index < -0.39 is 11.2 Å². The Kier molecular flexibility index (Phi) is 9.22. The molecule has 0 fully saturated rings. The first-order valence-corrected chi connectivity index (χ1v) is 11.3. The largest absolute Gasteiger partial charge is 0.463 e. The molecule has 2 aromatic rings. The maximum Gasteiger partial charge on any atom is 0.330 e. The van der Waals surface area contributed by atoms with Crippen molar-refractivity contribution in [3.8, 4) is 0 Å². The van der Waals surface area contributed by atoms with Crippen LogP contribution >= 0.6 is 0 Å². The van der Waals surface area contributed by atoms with Crippen LogP contribution in [0.25, 0.3) is 11.2 Å². The third-order valence-corrected chi connectivity index (χ3v) is 4.84. The van der Waals surface area contributed by atoms with E-state index in [4.69, 9.17) is 4.74 Å². The van der Waals surface area contributed by atoms with E-state index in [1.165, 1.54) is 4.57 Å². The van der Waals surface area contributed by atoms with Crippen LogP contribution in [0, 0.1) is 5.92 Å². The maximum atomic E-state index is 12.6. The van der Waals surface area contributed by atoms with Crippen LogP contribution in [0.4, 0.5) is 0 Å². The van der Waals surface area contributed by atoms with Gasteiger partial charge in [0.1, 0.15) is 5.82 Å². The summed E-state index contributed by atoms with van der Waals surface area (Å²) in [5.74, 6) is 0.248. The van der Waals surface area contributed by atoms with Gasteiger partial charge in [-0.1, -0.05) is 27.2 Å². The molecule has 0 radical (unpaired) electrons. The number of fused-ring (bicyclic) bond motifs is 1. The number of nitrogens with one attached hydrogen (secondary N) is 2. The van der Waals surface area contributed by atoms with E-state index in [1.54, 1.807) is 13.8 Å². The summed E-state index contributed by atoms with van der Waals surface area (Å²) in [4.78, 5) is 55.8. The van der Waals surface area contributed by atoms with Crippen molar-refractivity contribution in [3.63, 3.8) is 0 Å². The Morgan fingerprint density at radius 2 is 1.84 bits per heavy atom. The first kappa shape index (κ1) is 25.4. The molecule has 0 unspecified atom stereocenters. The number of hydrogen-bond donors (Lipinski definition) is 2. The summed E-state index contributed by atoms with van der Waals surface area (Å²) in [6, 6.07) is 0. The third kappa shape index (κ3) is 6.80. The standard InChI is InChI=1S/C22H35N5O5/c1-6-7-12-26-20-19(21(30)25-22(26)31)27(13-14(2)3)16(24-20)8-9-17(28)23-11-10-18(29)32-15(4)5/h14-15H,6-13H2,1-5H3,(H,23,28)(H,25,30,31). The number of aromatic amines is 1. The molecule has 2 rings (SSSR count). The lowest BCUT2D eigenvalue weighted by Gasteiger charge is -2.12. The lowest BCUT2D eigenvalue weighted by Crippen LogP contribution is -2.31. The van der Waals surface area contributed by atoms with E-state index in [2.05, 4.69) is 15.3 Å². The number of ether oxygens (including phenoxy) is 1. The van der Waals surface area contributed by atoms with Crippen molar-refractivity contribution in [2.45, 2.75) is 85.9 Å². The number of amides is 1. The predicted molar refractivity (Wildman–Crippen MR) is 122 cm³/mol. The van der Waals surface area contributed by atoms with Crippen molar-refractivity contribution >= 4 is 23.0 Å². The topological polar surface area (TPSA) is 128 Å². The molecule has 0 spiro atoms. The zero-order valence-electron chi connectivity index (χ0n) is 19.7. The molecule has 0 aromatic carbocycles. The molecule has 0 aliphatic rings. The number of carbonyl (C=O) groups excluding carboxylic acids is 2. The van der Waals surface area contributed by atoms with Gasteiger partial charge in [-0.3, -0.25) is 23.9 Å². The van der Waals surface area contributed by atoms with Gasteiger partial charge in [-0.2, -0.15) is 0 Å². The fourth-order valence-electron chi connectivity index (χ4n) is 3.43. The normalized spacial score (nSPS) is 11.5. The molecule has 2 heterocycles. The van der Waals surface area contributed by atoms with Crippen LogP contribution < -0.4 is 16.6 Å². The van der Waals surface area contributed by atoms with Gasteiger partial charge >= 0.3 is 11.7 Å². The Morgan fingerprint density at radius 1 is 1.12 bits per heavy atom. The second-order valence-electron chi connectivity index (χ2n) is 8.61. The zero-order valence-corrected chi connectivity index (χ0v) is 19.7. The molecule has 1 amide bonds. The van der Waals surface area contributed by atoms with Gasteiger partial charge in [0, 0.05) is 32.5 Å². The Labute approximate surface area is 187 Å². The Hall–Kier alpha value is -2.91. The molecule has 10 heteroatoms. The van der Waals surface area contributed by atoms with E-state index in [-0.39, 0.29) is 43.3 Å². The van der Waals surface area contributed by atoms with Gasteiger partial charge < -0.3 is 14.6 Å². The fraction of sp³-hybridized carbons (Fsp3) is 0.682. The smallest absolute Gasteiger partial charge is 0.330 e. The molecule has 0 bridgehead atoms. The minimum atomic E-state index is -0.470. The third-order valence-electron chi connectivity index (χ3n) is 4.84. The number of hydrogen-bond acceptors (Lipinski definition) is 6. The lowest BCUT2D eigenvalue weighted by atomic mass is 10.2. The molecule has 0 aliphatic carbocycles. The number of H-pyrrole nitrogens is 1. The summed E-state index contributed by atoms with van der Waals surface area (Å²) in [6.07, 6.45) is 2.06. The number of aromatic nitrogens is 4. The van der Waals surface area contributed by atoms with Gasteiger partial charge in [0.05, 0.1) is 12.5 Å². The number of nitrogens with zero attached hydrogens (tertiary/aromatic N) is 3. The van der Waals surface area contributed by atoms with E-state index >= 15 is 0 Å². The van der Waals surface area contributed by atoms with E-state index in [0.717, 1.165) is 12.8 Å². The first-order chi connectivity index (χ1) is 15.1. The number of esters is 1. The van der Waals surface area contributed by atoms with Crippen LogP contribution in [-0.2, 0) is 33.8 Å². The zero-order chi connectivity index (χ0) is 23.8. The summed E-state index contributed by atoms with van der Waals surface area (Å²) in [7, 11) is 0. The van der Waals surface area contributed by atoms with Gasteiger partial charge in [-0.15, -0.1) is 0 Å². The van der Waals surface area contributed by atoms with Crippen molar-refractivity contribution in [1.82, 2.24) is 24.4 Å². The van der Waals surface area contributed by atoms with Crippen LogP contribution in [0.3, 0.4) is 0 Å². The number of rotatable bonds is 12. The predicted octanol–water partition coefficient (Wildman–Crippen LogP) is 1.73. The van der Waals surface area contributed by atoms with Crippen LogP contribution in [-0.4, -0.2) is 43.6 Å². The van der Waals surface area contributed by atoms with E-state index in [0.29, 0.717) is 36.5 Å². The highest BCUT2D eigenvalue weighted by atomic mass is 16.5. The minimum Gasteiger partial charge on any atom is -0.463 e. The van der Waals surface area contributed by atoms with E-state index in [9.17, 15) is 19.2 Å². The van der Waals surface area contributed by atoms with Gasteiger partial charge in [-0.05, 0) is 26.2 Å². The van der Waals surface area contributed by atoms with Crippen molar-refractivity contribution in [2.75, 3.05) is 6.54 Å². The Bertz CT molecular complexity index is 1050. The molecule has 178 valence electrons. The Balaban J connectivity index is 2.20. The van der Waals surface area contributed by atoms with Gasteiger partial charge in [-0.25, -0.2) is 9.78 Å². The fourth-order valence-corrected chi connectivity index (χ4v) is 3.43. The average molecular weight is 450 g/mol. The highest BCUT2D eigenvalue weighted by molar-refractivity contribution is 5.77. The molecule has 32 heavy (non-hydrogen) atoms. The average Bonchev–Trinajstić information content (AvgIpc) is 3.03. The maximum absolute atomic E-state index is 12.6. The summed E-state index contributed by atoms with van der Waals surface area (Å²) < 4.78 is 8.36. The monoisotopic (exact) mass is 449 g/mol. The molecule has 0 saturated carbocycles. The second kappa shape index (κ2) is 11.6. The van der Waals surface area contributed by atoms with Gasteiger partial charge in [0.2, 0.25) is 5.91 Å². The number of imidazole rings is 1. The van der Waals surface area contributed by atoms with Crippen molar-refractivity contribution in [3.05, 3.63) is 26.7 Å². The molecule has 0 atom stereocenters. The highest BCUT2D eigenvalue weighted by Crippen LogP contribution is 2.16. The second-order valence-corrected chi connectivity index (χ2v) is 8.61. The van der Waals surface area contributed by atoms with Gasteiger partial charge in [0.25, 0.3) is 5.56 Å².